The molecule has 0 aliphatic rings. The summed E-state index contributed by atoms with van der Waals surface area (Å²) in [7, 11) is 0. The summed E-state index contributed by atoms with van der Waals surface area (Å²) in [4.78, 5) is 2.29. The van der Waals surface area contributed by atoms with Crippen molar-refractivity contribution >= 4 is 40.0 Å². The van der Waals surface area contributed by atoms with Crippen LogP contribution in [0, 0.1) is 5.82 Å². The summed E-state index contributed by atoms with van der Waals surface area (Å²) < 4.78 is 13.9. The van der Waals surface area contributed by atoms with Crippen molar-refractivity contribution in [3.05, 3.63) is 73.8 Å². The van der Waals surface area contributed by atoms with Crippen LogP contribution in [-0.4, -0.2) is 0 Å². The third-order valence-corrected chi connectivity index (χ3v) is 4.99. The molecule has 0 aliphatic carbocycles. The third kappa shape index (κ3) is 2.87. The minimum atomic E-state index is -0.299. The minimum Gasteiger partial charge on any atom is -0.370 e. The number of nitrogens with one attached hydrogen (secondary N) is 1. The summed E-state index contributed by atoms with van der Waals surface area (Å²) in [5, 5.41) is 7.81. The van der Waals surface area contributed by atoms with Gasteiger partial charge in [0.15, 0.2) is 0 Å². The summed E-state index contributed by atoms with van der Waals surface area (Å²) in [6.07, 6.45) is 0. The Labute approximate surface area is 129 Å². The first-order valence-electron chi connectivity index (χ1n) is 6.02. The molecule has 1 aromatic carbocycles. The number of benzene rings is 1. The van der Waals surface area contributed by atoms with Crippen molar-refractivity contribution in [1.82, 2.24) is 0 Å². The summed E-state index contributed by atoms with van der Waals surface area (Å²) in [6, 6.07) is 12.6. The van der Waals surface area contributed by atoms with E-state index < -0.39 is 0 Å². The molecule has 0 spiro atoms. The Morgan fingerprint density at radius 2 is 1.65 bits per heavy atom. The highest BCUT2D eigenvalue weighted by atomic mass is 35.5. The molecule has 5 heteroatoms. The van der Waals surface area contributed by atoms with Crippen molar-refractivity contribution in [2.75, 3.05) is 5.32 Å². The first kappa shape index (κ1) is 13.6. The Morgan fingerprint density at radius 3 is 2.20 bits per heavy atom. The van der Waals surface area contributed by atoms with Gasteiger partial charge in [0.2, 0.25) is 0 Å². The lowest BCUT2D eigenvalue weighted by atomic mass is 10.2. The maximum Gasteiger partial charge on any atom is 0.146 e. The molecule has 0 saturated carbocycles. The van der Waals surface area contributed by atoms with E-state index in [0.29, 0.717) is 10.7 Å². The number of anilines is 1. The van der Waals surface area contributed by atoms with E-state index in [1.807, 2.05) is 35.0 Å². The van der Waals surface area contributed by atoms with Gasteiger partial charge in [0.05, 0.1) is 11.7 Å². The van der Waals surface area contributed by atoms with Gasteiger partial charge in [-0.05, 0) is 41.1 Å². The van der Waals surface area contributed by atoms with Crippen LogP contribution in [0.1, 0.15) is 15.8 Å². The number of halogens is 2. The van der Waals surface area contributed by atoms with Crippen LogP contribution < -0.4 is 5.32 Å². The summed E-state index contributed by atoms with van der Waals surface area (Å²) in [6.45, 7) is 0. The van der Waals surface area contributed by atoms with Gasteiger partial charge in [-0.15, -0.1) is 22.7 Å². The highest BCUT2D eigenvalue weighted by Gasteiger charge is 2.17. The second-order valence-corrected chi connectivity index (χ2v) is 6.63. The number of hydrogen-bond donors (Lipinski definition) is 1. The molecule has 1 N–H and O–H groups in total. The lowest BCUT2D eigenvalue weighted by Crippen LogP contribution is -2.10. The molecule has 0 aliphatic heterocycles. The number of thiophene rings is 2. The normalized spacial score (nSPS) is 10.9. The van der Waals surface area contributed by atoms with Crippen molar-refractivity contribution in [2.45, 2.75) is 6.04 Å². The van der Waals surface area contributed by atoms with Crippen molar-refractivity contribution in [3.8, 4) is 0 Å². The van der Waals surface area contributed by atoms with Gasteiger partial charge >= 0.3 is 0 Å². The molecule has 2 heterocycles. The van der Waals surface area contributed by atoms with Crippen molar-refractivity contribution < 1.29 is 4.39 Å². The predicted octanol–water partition coefficient (Wildman–Crippen LogP) is 5.80. The second-order valence-electron chi connectivity index (χ2n) is 4.23. The zero-order valence-corrected chi connectivity index (χ0v) is 12.7. The van der Waals surface area contributed by atoms with Gasteiger partial charge in [-0.3, -0.25) is 0 Å². The van der Waals surface area contributed by atoms with Crippen LogP contribution in [0.15, 0.2) is 53.2 Å². The predicted molar refractivity (Wildman–Crippen MR) is 85.5 cm³/mol. The van der Waals surface area contributed by atoms with Gasteiger partial charge in [-0.2, -0.15) is 0 Å². The maximum atomic E-state index is 13.9. The molecule has 0 bridgehead atoms. The Kier molecular flexibility index (Phi) is 4.05. The smallest absolute Gasteiger partial charge is 0.146 e. The summed E-state index contributed by atoms with van der Waals surface area (Å²) in [5.74, 6) is -0.299. The molecule has 0 amide bonds. The average molecular weight is 324 g/mol. The van der Waals surface area contributed by atoms with Crippen molar-refractivity contribution in [3.63, 3.8) is 0 Å². The van der Waals surface area contributed by atoms with Crippen LogP contribution in [0.3, 0.4) is 0 Å². The van der Waals surface area contributed by atoms with E-state index in [9.17, 15) is 4.39 Å². The fourth-order valence-electron chi connectivity index (χ4n) is 1.96. The van der Waals surface area contributed by atoms with Gasteiger partial charge in [0, 0.05) is 14.8 Å². The third-order valence-electron chi connectivity index (χ3n) is 2.88. The molecule has 3 aromatic rings. The highest BCUT2D eigenvalue weighted by molar-refractivity contribution is 7.11. The molecule has 2 aromatic heterocycles. The van der Waals surface area contributed by atoms with Crippen molar-refractivity contribution in [1.29, 1.82) is 0 Å². The van der Waals surface area contributed by atoms with E-state index in [1.165, 1.54) is 6.07 Å². The molecule has 0 saturated heterocycles. The van der Waals surface area contributed by atoms with E-state index in [4.69, 9.17) is 11.6 Å². The van der Waals surface area contributed by atoms with E-state index in [-0.39, 0.29) is 11.9 Å². The van der Waals surface area contributed by atoms with E-state index in [2.05, 4.69) is 5.32 Å². The second kappa shape index (κ2) is 5.95. The maximum absolute atomic E-state index is 13.9. The van der Waals surface area contributed by atoms with Crippen LogP contribution in [-0.2, 0) is 0 Å². The molecule has 0 fully saturated rings. The fourth-order valence-corrected chi connectivity index (χ4v) is 3.79. The molecule has 3 rings (SSSR count). The van der Waals surface area contributed by atoms with Crippen LogP contribution in [0.25, 0.3) is 0 Å². The lowest BCUT2D eigenvalue weighted by Gasteiger charge is -2.18. The van der Waals surface area contributed by atoms with Crippen molar-refractivity contribution in [2.24, 2.45) is 0 Å². The zero-order valence-electron chi connectivity index (χ0n) is 10.3. The van der Waals surface area contributed by atoms with Crippen LogP contribution in [0.5, 0.6) is 0 Å². The molecule has 0 radical (unpaired) electrons. The molecular formula is C15H11ClFNS2. The standard InChI is InChI=1S/C15H11ClFNS2/c16-10-5-6-11(17)12(9-10)18-15(13-3-1-7-19-13)14-4-2-8-20-14/h1-9,15,18H. The average Bonchev–Trinajstić information content (AvgIpc) is 3.12. The molecule has 0 atom stereocenters. The topological polar surface area (TPSA) is 12.0 Å². The van der Waals surface area contributed by atoms with Gasteiger partial charge in [-0.25, -0.2) is 4.39 Å². The summed E-state index contributed by atoms with van der Waals surface area (Å²) in [5.41, 5.74) is 0.421. The largest absolute Gasteiger partial charge is 0.370 e. The van der Waals surface area contributed by atoms with Gasteiger partial charge < -0.3 is 5.32 Å². The molecule has 102 valence electrons. The monoisotopic (exact) mass is 323 g/mol. The molecule has 0 unspecified atom stereocenters. The lowest BCUT2D eigenvalue weighted by molar-refractivity contribution is 0.629. The highest BCUT2D eigenvalue weighted by Crippen LogP contribution is 2.33. The Balaban J connectivity index is 1.97. The molecular weight excluding hydrogens is 313 g/mol. The minimum absolute atomic E-state index is 0.0528. The summed E-state index contributed by atoms with van der Waals surface area (Å²) >= 11 is 9.24. The Hall–Kier alpha value is -1.36. The van der Waals surface area contributed by atoms with Gasteiger partial charge in [0.25, 0.3) is 0 Å². The van der Waals surface area contributed by atoms with Gasteiger partial charge in [-0.1, -0.05) is 23.7 Å². The van der Waals surface area contributed by atoms with Crippen LogP contribution in [0.2, 0.25) is 5.02 Å². The Bertz CT molecular complexity index is 646. The SMILES string of the molecule is Fc1ccc(Cl)cc1NC(c1cccs1)c1cccs1. The number of rotatable bonds is 4. The van der Waals surface area contributed by atoms with Crippen LogP contribution in [0.4, 0.5) is 10.1 Å². The molecule has 1 nitrogen and oxygen atoms in total. The first-order chi connectivity index (χ1) is 9.74. The van der Waals surface area contributed by atoms with E-state index in [1.54, 1.807) is 34.8 Å². The first-order valence-corrected chi connectivity index (χ1v) is 8.16. The fraction of sp³-hybridized carbons (Fsp3) is 0.0667. The quantitative estimate of drug-likeness (QED) is 0.639. The van der Waals surface area contributed by atoms with E-state index >= 15 is 0 Å². The Morgan fingerprint density at radius 1 is 1.00 bits per heavy atom. The van der Waals surface area contributed by atoms with Crippen LogP contribution >= 0.6 is 34.3 Å². The molecule has 20 heavy (non-hydrogen) atoms. The zero-order chi connectivity index (χ0) is 13.9. The van der Waals surface area contributed by atoms with E-state index in [0.717, 1.165) is 9.75 Å². The number of hydrogen-bond acceptors (Lipinski definition) is 3. The van der Waals surface area contributed by atoms with Gasteiger partial charge in [0.1, 0.15) is 5.82 Å².